The number of carbonyl (C=O) groups is 1. The summed E-state index contributed by atoms with van der Waals surface area (Å²) in [7, 11) is 0. The molecule has 2 aliphatic rings. The van der Waals surface area contributed by atoms with Gasteiger partial charge in [0.15, 0.2) is 11.5 Å². The summed E-state index contributed by atoms with van der Waals surface area (Å²) in [5, 5.41) is 7.35. The van der Waals surface area contributed by atoms with E-state index in [0.29, 0.717) is 28.9 Å². The van der Waals surface area contributed by atoms with Gasteiger partial charge in [-0.05, 0) is 49.7 Å². The molecule has 3 aromatic carbocycles. The van der Waals surface area contributed by atoms with Crippen LogP contribution in [0.4, 0.5) is 10.5 Å². The lowest BCUT2D eigenvalue weighted by Crippen LogP contribution is -2.46. The van der Waals surface area contributed by atoms with Crippen LogP contribution >= 0.6 is 0 Å². The molecule has 2 aliphatic heterocycles. The fraction of sp³-hybridized carbons (Fsp3) is 0.148. The van der Waals surface area contributed by atoms with Gasteiger partial charge in [0.1, 0.15) is 0 Å². The number of aromatic nitrogens is 2. The van der Waals surface area contributed by atoms with E-state index in [9.17, 15) is 4.79 Å². The minimum absolute atomic E-state index is 0.190. The number of fused-ring (bicyclic) bond motifs is 1. The average Bonchev–Trinajstić information content (AvgIpc) is 3.55. The molecule has 3 heterocycles. The standard InChI is InChI=1S/C27H22N4O4/c1-16-8-11-20(12-9-16)31-17(2)23(24(28-27(31)32)18-6-4-3-5-7-18)26-29-25(30-35-26)19-10-13-21-22(14-19)34-15-33-21/h3-14,24H,15H2,1-2H3,(H,28,32). The third kappa shape index (κ3) is 3.69. The van der Waals surface area contributed by atoms with Crippen LogP contribution in [0.3, 0.4) is 0 Å². The topological polar surface area (TPSA) is 89.7 Å². The van der Waals surface area contributed by atoms with Crippen LogP contribution in [-0.2, 0) is 0 Å². The van der Waals surface area contributed by atoms with Gasteiger partial charge in [0.25, 0.3) is 5.89 Å². The van der Waals surface area contributed by atoms with Gasteiger partial charge in [-0.15, -0.1) is 0 Å². The van der Waals surface area contributed by atoms with E-state index in [-0.39, 0.29) is 12.8 Å². The number of allylic oxidation sites excluding steroid dienone is 1. The molecule has 35 heavy (non-hydrogen) atoms. The Labute approximate surface area is 201 Å². The Morgan fingerprint density at radius 1 is 0.943 bits per heavy atom. The highest BCUT2D eigenvalue weighted by molar-refractivity contribution is 6.01. The van der Waals surface area contributed by atoms with Gasteiger partial charge in [-0.25, -0.2) is 4.79 Å². The van der Waals surface area contributed by atoms with Crippen LogP contribution in [0, 0.1) is 6.92 Å². The molecule has 0 fully saturated rings. The van der Waals surface area contributed by atoms with Gasteiger partial charge in [0.05, 0.1) is 17.3 Å². The quantitative estimate of drug-likeness (QED) is 0.429. The van der Waals surface area contributed by atoms with Crippen molar-refractivity contribution in [3.05, 3.63) is 95.5 Å². The van der Waals surface area contributed by atoms with Gasteiger partial charge in [-0.3, -0.25) is 4.90 Å². The summed E-state index contributed by atoms with van der Waals surface area (Å²) in [5.74, 6) is 2.08. The Balaban J connectivity index is 1.46. The molecule has 0 aliphatic carbocycles. The Morgan fingerprint density at radius 3 is 2.51 bits per heavy atom. The number of nitrogens with one attached hydrogen (secondary N) is 1. The van der Waals surface area contributed by atoms with Crippen molar-refractivity contribution in [1.82, 2.24) is 15.5 Å². The molecule has 1 unspecified atom stereocenters. The summed E-state index contributed by atoms with van der Waals surface area (Å²) in [6.45, 7) is 4.10. The number of urea groups is 1. The van der Waals surface area contributed by atoms with E-state index < -0.39 is 6.04 Å². The summed E-state index contributed by atoms with van der Waals surface area (Å²) in [5.41, 5.74) is 4.98. The Kier molecular flexibility index (Phi) is 4.99. The van der Waals surface area contributed by atoms with Crippen molar-refractivity contribution in [3.8, 4) is 22.9 Å². The molecule has 1 atom stereocenters. The number of benzene rings is 3. The fourth-order valence-electron chi connectivity index (χ4n) is 4.41. The summed E-state index contributed by atoms with van der Waals surface area (Å²) in [4.78, 5) is 19.6. The van der Waals surface area contributed by atoms with Crippen molar-refractivity contribution in [2.75, 3.05) is 11.7 Å². The third-order valence-electron chi connectivity index (χ3n) is 6.20. The first-order valence-corrected chi connectivity index (χ1v) is 11.3. The maximum Gasteiger partial charge on any atom is 0.326 e. The highest BCUT2D eigenvalue weighted by Crippen LogP contribution is 2.40. The van der Waals surface area contributed by atoms with Crippen LogP contribution in [0.5, 0.6) is 11.5 Å². The Hall–Kier alpha value is -4.59. The number of hydrogen-bond donors (Lipinski definition) is 1. The summed E-state index contributed by atoms with van der Waals surface area (Å²) < 4.78 is 16.7. The van der Waals surface area contributed by atoms with E-state index in [4.69, 9.17) is 19.0 Å². The van der Waals surface area contributed by atoms with Crippen molar-refractivity contribution in [2.24, 2.45) is 0 Å². The highest BCUT2D eigenvalue weighted by Gasteiger charge is 2.36. The van der Waals surface area contributed by atoms with Crippen LogP contribution in [0.1, 0.15) is 30.0 Å². The molecule has 1 N–H and O–H groups in total. The first-order chi connectivity index (χ1) is 17.1. The first-order valence-electron chi connectivity index (χ1n) is 11.3. The molecule has 0 radical (unpaired) electrons. The van der Waals surface area contributed by atoms with Crippen molar-refractivity contribution < 1.29 is 18.8 Å². The van der Waals surface area contributed by atoms with Crippen LogP contribution in [0.2, 0.25) is 0 Å². The first kappa shape index (κ1) is 21.0. The number of rotatable bonds is 4. The molecule has 0 spiro atoms. The Morgan fingerprint density at radius 2 is 1.71 bits per heavy atom. The number of hydrogen-bond acceptors (Lipinski definition) is 6. The van der Waals surface area contributed by atoms with Crippen molar-refractivity contribution in [3.63, 3.8) is 0 Å². The number of ether oxygens (including phenoxy) is 2. The number of anilines is 1. The van der Waals surface area contributed by atoms with Gasteiger partial charge >= 0.3 is 6.03 Å². The third-order valence-corrected chi connectivity index (χ3v) is 6.20. The predicted molar refractivity (Wildman–Crippen MR) is 130 cm³/mol. The zero-order chi connectivity index (χ0) is 23.9. The Bertz CT molecular complexity index is 1440. The van der Waals surface area contributed by atoms with E-state index in [0.717, 1.165) is 28.0 Å². The second-order valence-corrected chi connectivity index (χ2v) is 8.45. The maximum absolute atomic E-state index is 13.3. The van der Waals surface area contributed by atoms with Crippen molar-refractivity contribution in [1.29, 1.82) is 0 Å². The van der Waals surface area contributed by atoms with Crippen LogP contribution in [0.25, 0.3) is 17.0 Å². The number of amides is 2. The minimum atomic E-state index is -0.449. The van der Waals surface area contributed by atoms with Crippen LogP contribution < -0.4 is 19.7 Å². The predicted octanol–water partition coefficient (Wildman–Crippen LogP) is 5.48. The molecule has 6 rings (SSSR count). The second kappa shape index (κ2) is 8.32. The zero-order valence-electron chi connectivity index (χ0n) is 19.2. The number of carbonyl (C=O) groups excluding carboxylic acids is 1. The monoisotopic (exact) mass is 466 g/mol. The van der Waals surface area contributed by atoms with Crippen LogP contribution in [0.15, 0.2) is 83.0 Å². The summed E-state index contributed by atoms with van der Waals surface area (Å²) >= 11 is 0. The average molecular weight is 466 g/mol. The van der Waals surface area contributed by atoms with E-state index in [1.54, 1.807) is 4.90 Å². The molecule has 0 saturated heterocycles. The van der Waals surface area contributed by atoms with E-state index in [1.807, 2.05) is 86.6 Å². The molecule has 174 valence electrons. The molecule has 0 saturated carbocycles. The minimum Gasteiger partial charge on any atom is -0.454 e. The lowest BCUT2D eigenvalue weighted by atomic mass is 9.94. The number of aryl methyl sites for hydroxylation is 1. The molecule has 2 amide bonds. The molecule has 0 bridgehead atoms. The smallest absolute Gasteiger partial charge is 0.326 e. The SMILES string of the molecule is CC1=C(c2nc(-c3ccc4c(c3)OCO4)no2)C(c2ccccc2)NC(=O)N1c1ccc(C)cc1. The van der Waals surface area contributed by atoms with E-state index in [1.165, 1.54) is 0 Å². The summed E-state index contributed by atoms with van der Waals surface area (Å²) in [6, 6.07) is 22.4. The zero-order valence-corrected chi connectivity index (χ0v) is 19.2. The lowest BCUT2D eigenvalue weighted by Gasteiger charge is -2.35. The maximum atomic E-state index is 13.3. The van der Waals surface area contributed by atoms with Crippen molar-refractivity contribution >= 4 is 17.3 Å². The second-order valence-electron chi connectivity index (χ2n) is 8.45. The molecular formula is C27H22N4O4. The van der Waals surface area contributed by atoms with Gasteiger partial charge in [-0.1, -0.05) is 53.2 Å². The van der Waals surface area contributed by atoms with Gasteiger partial charge in [0, 0.05) is 11.3 Å². The van der Waals surface area contributed by atoms with Gasteiger partial charge in [-0.2, -0.15) is 4.98 Å². The molecule has 4 aromatic rings. The number of nitrogens with zero attached hydrogens (tertiary/aromatic N) is 3. The fourth-order valence-corrected chi connectivity index (χ4v) is 4.41. The van der Waals surface area contributed by atoms with Gasteiger partial charge < -0.3 is 19.3 Å². The van der Waals surface area contributed by atoms with E-state index in [2.05, 4.69) is 10.5 Å². The largest absolute Gasteiger partial charge is 0.454 e. The normalized spacial score (nSPS) is 17.0. The molecule has 8 nitrogen and oxygen atoms in total. The van der Waals surface area contributed by atoms with Crippen molar-refractivity contribution in [2.45, 2.75) is 19.9 Å². The highest BCUT2D eigenvalue weighted by atomic mass is 16.7. The van der Waals surface area contributed by atoms with E-state index >= 15 is 0 Å². The molecular weight excluding hydrogens is 444 g/mol. The van der Waals surface area contributed by atoms with Gasteiger partial charge in [0.2, 0.25) is 12.6 Å². The van der Waals surface area contributed by atoms with Crippen LogP contribution in [-0.4, -0.2) is 23.0 Å². The molecule has 1 aromatic heterocycles. The lowest BCUT2D eigenvalue weighted by molar-refractivity contribution is 0.174. The summed E-state index contributed by atoms with van der Waals surface area (Å²) in [6.07, 6.45) is 0. The molecule has 8 heteroatoms.